The monoisotopic (exact) mass is 252 g/mol. The molecule has 0 aliphatic heterocycles. The third kappa shape index (κ3) is 2.30. The lowest BCUT2D eigenvalue weighted by Gasteiger charge is -2.03. The summed E-state index contributed by atoms with van der Waals surface area (Å²) >= 11 is 0. The van der Waals surface area contributed by atoms with Crippen LogP contribution in [0.4, 0.5) is 0 Å². The van der Waals surface area contributed by atoms with Gasteiger partial charge in [-0.25, -0.2) is 0 Å². The van der Waals surface area contributed by atoms with Crippen LogP contribution in [0.3, 0.4) is 0 Å². The first-order chi connectivity index (χ1) is 9.34. The number of amides is 1. The predicted molar refractivity (Wildman–Crippen MR) is 71.5 cm³/mol. The zero-order valence-electron chi connectivity index (χ0n) is 10.1. The molecule has 0 atom stereocenters. The van der Waals surface area contributed by atoms with Gasteiger partial charge in [-0.1, -0.05) is 18.2 Å². The normalized spacial score (nSPS) is 10.5. The van der Waals surface area contributed by atoms with Gasteiger partial charge in [-0.15, -0.1) is 0 Å². The molecular formula is C14H12N4O. The summed E-state index contributed by atoms with van der Waals surface area (Å²) in [7, 11) is 0. The largest absolute Gasteiger partial charge is 0.360 e. The lowest BCUT2D eigenvalue weighted by molar-refractivity contribution is 0.0952. The van der Waals surface area contributed by atoms with Crippen molar-refractivity contribution in [1.82, 2.24) is 20.5 Å². The fraction of sp³-hybridized carbons (Fsp3) is 0.0714. The van der Waals surface area contributed by atoms with E-state index >= 15 is 0 Å². The van der Waals surface area contributed by atoms with E-state index in [1.165, 1.54) is 0 Å². The Balaban J connectivity index is 1.77. The number of aromatic amines is 1. The van der Waals surface area contributed by atoms with Crippen molar-refractivity contribution in [1.29, 1.82) is 0 Å². The Hall–Kier alpha value is -2.69. The molecule has 19 heavy (non-hydrogen) atoms. The first-order valence-electron chi connectivity index (χ1n) is 5.95. The Labute approximate surface area is 109 Å². The highest BCUT2D eigenvalue weighted by atomic mass is 16.1. The number of nitrogens with zero attached hydrogens (tertiary/aromatic N) is 2. The van der Waals surface area contributed by atoms with Crippen molar-refractivity contribution in [3.63, 3.8) is 0 Å². The van der Waals surface area contributed by atoms with Crippen molar-refractivity contribution in [2.75, 3.05) is 0 Å². The minimum Gasteiger partial charge on any atom is -0.360 e. The topological polar surface area (TPSA) is 70.7 Å². The Morgan fingerprint density at radius 1 is 1.21 bits per heavy atom. The van der Waals surface area contributed by atoms with Crippen molar-refractivity contribution >= 4 is 16.8 Å². The molecule has 0 saturated heterocycles. The van der Waals surface area contributed by atoms with Gasteiger partial charge in [-0.05, 0) is 18.2 Å². The zero-order valence-corrected chi connectivity index (χ0v) is 10.1. The van der Waals surface area contributed by atoms with E-state index in [1.807, 2.05) is 30.3 Å². The number of aromatic nitrogens is 3. The van der Waals surface area contributed by atoms with E-state index in [1.54, 1.807) is 18.5 Å². The molecule has 1 aromatic carbocycles. The van der Waals surface area contributed by atoms with E-state index in [4.69, 9.17) is 0 Å². The Morgan fingerprint density at radius 3 is 2.95 bits per heavy atom. The standard InChI is InChI=1S/C14H12N4O/c19-14(16-8-10-4-3-7-17-18-10)12-9-15-13-6-2-1-5-11(12)13/h1-7,9,15H,8H2,(H,16,19). The minimum atomic E-state index is -0.122. The maximum Gasteiger partial charge on any atom is 0.253 e. The summed E-state index contributed by atoms with van der Waals surface area (Å²) < 4.78 is 0. The van der Waals surface area contributed by atoms with Gasteiger partial charge in [0.1, 0.15) is 0 Å². The molecular weight excluding hydrogens is 240 g/mol. The van der Waals surface area contributed by atoms with Crippen LogP contribution in [0.25, 0.3) is 10.9 Å². The van der Waals surface area contributed by atoms with Gasteiger partial charge in [-0.3, -0.25) is 4.79 Å². The fourth-order valence-corrected chi connectivity index (χ4v) is 1.95. The third-order valence-corrected chi connectivity index (χ3v) is 2.89. The molecule has 0 saturated carbocycles. The Morgan fingerprint density at radius 2 is 2.11 bits per heavy atom. The highest BCUT2D eigenvalue weighted by Gasteiger charge is 2.11. The molecule has 0 aliphatic carbocycles. The minimum absolute atomic E-state index is 0.122. The highest BCUT2D eigenvalue weighted by Crippen LogP contribution is 2.17. The number of H-pyrrole nitrogens is 1. The van der Waals surface area contributed by atoms with E-state index in [2.05, 4.69) is 20.5 Å². The molecule has 3 rings (SSSR count). The molecule has 0 spiro atoms. The summed E-state index contributed by atoms with van der Waals surface area (Å²) in [4.78, 5) is 15.2. The average Bonchev–Trinajstić information content (AvgIpc) is 2.90. The molecule has 3 aromatic rings. The summed E-state index contributed by atoms with van der Waals surface area (Å²) in [5.41, 5.74) is 2.32. The second-order valence-corrected chi connectivity index (χ2v) is 4.15. The molecule has 2 heterocycles. The number of carbonyl (C=O) groups excluding carboxylic acids is 1. The third-order valence-electron chi connectivity index (χ3n) is 2.89. The van der Waals surface area contributed by atoms with Gasteiger partial charge < -0.3 is 10.3 Å². The van der Waals surface area contributed by atoms with Crippen LogP contribution in [0, 0.1) is 0 Å². The smallest absolute Gasteiger partial charge is 0.253 e. The van der Waals surface area contributed by atoms with E-state index < -0.39 is 0 Å². The highest BCUT2D eigenvalue weighted by molar-refractivity contribution is 6.06. The number of fused-ring (bicyclic) bond motifs is 1. The molecule has 0 radical (unpaired) electrons. The summed E-state index contributed by atoms with van der Waals surface area (Å²) in [5, 5.41) is 11.4. The van der Waals surface area contributed by atoms with Gasteiger partial charge in [-0.2, -0.15) is 10.2 Å². The Kier molecular flexibility index (Phi) is 2.94. The van der Waals surface area contributed by atoms with Crippen LogP contribution in [-0.2, 0) is 6.54 Å². The maximum atomic E-state index is 12.1. The molecule has 94 valence electrons. The van der Waals surface area contributed by atoms with Crippen molar-refractivity contribution in [3.8, 4) is 0 Å². The van der Waals surface area contributed by atoms with Crippen LogP contribution < -0.4 is 5.32 Å². The van der Waals surface area contributed by atoms with Gasteiger partial charge in [0.25, 0.3) is 5.91 Å². The van der Waals surface area contributed by atoms with E-state index in [0.29, 0.717) is 12.1 Å². The quantitative estimate of drug-likeness (QED) is 0.747. The molecule has 5 nitrogen and oxygen atoms in total. The maximum absolute atomic E-state index is 12.1. The van der Waals surface area contributed by atoms with Crippen molar-refractivity contribution < 1.29 is 4.79 Å². The number of rotatable bonds is 3. The van der Waals surface area contributed by atoms with Gasteiger partial charge >= 0.3 is 0 Å². The average molecular weight is 252 g/mol. The van der Waals surface area contributed by atoms with Gasteiger partial charge in [0.15, 0.2) is 0 Å². The molecule has 0 aliphatic rings. The van der Waals surface area contributed by atoms with Crippen LogP contribution in [0.15, 0.2) is 48.8 Å². The molecule has 0 bridgehead atoms. The summed E-state index contributed by atoms with van der Waals surface area (Å²) in [6.07, 6.45) is 3.32. The molecule has 2 aromatic heterocycles. The number of hydrogen-bond donors (Lipinski definition) is 2. The van der Waals surface area contributed by atoms with E-state index in [0.717, 1.165) is 16.6 Å². The number of carbonyl (C=O) groups is 1. The molecule has 5 heteroatoms. The van der Waals surface area contributed by atoms with Crippen LogP contribution in [0.5, 0.6) is 0 Å². The molecule has 0 unspecified atom stereocenters. The second-order valence-electron chi connectivity index (χ2n) is 4.15. The number of benzene rings is 1. The first kappa shape index (κ1) is 11.4. The first-order valence-corrected chi connectivity index (χ1v) is 5.95. The second kappa shape index (κ2) is 4.89. The van der Waals surface area contributed by atoms with Gasteiger partial charge in [0, 0.05) is 23.3 Å². The van der Waals surface area contributed by atoms with Crippen molar-refractivity contribution in [2.24, 2.45) is 0 Å². The molecule has 2 N–H and O–H groups in total. The summed E-state index contributed by atoms with van der Waals surface area (Å²) in [6, 6.07) is 11.3. The Bertz CT molecular complexity index is 706. The lowest BCUT2D eigenvalue weighted by Crippen LogP contribution is -2.23. The van der Waals surface area contributed by atoms with Crippen LogP contribution in [-0.4, -0.2) is 21.1 Å². The summed E-state index contributed by atoms with van der Waals surface area (Å²) in [6.45, 7) is 0.367. The number of nitrogens with one attached hydrogen (secondary N) is 2. The van der Waals surface area contributed by atoms with Gasteiger partial charge in [0.05, 0.1) is 17.8 Å². The van der Waals surface area contributed by atoms with Crippen molar-refractivity contribution in [3.05, 3.63) is 60.0 Å². The fourth-order valence-electron chi connectivity index (χ4n) is 1.95. The summed E-state index contributed by atoms with van der Waals surface area (Å²) in [5.74, 6) is -0.122. The van der Waals surface area contributed by atoms with Gasteiger partial charge in [0.2, 0.25) is 0 Å². The lowest BCUT2D eigenvalue weighted by atomic mass is 10.1. The SMILES string of the molecule is O=C(NCc1cccnn1)c1c[nH]c2ccccc12. The number of hydrogen-bond acceptors (Lipinski definition) is 3. The van der Waals surface area contributed by atoms with Crippen LogP contribution in [0.2, 0.25) is 0 Å². The van der Waals surface area contributed by atoms with E-state index in [-0.39, 0.29) is 5.91 Å². The predicted octanol–water partition coefficient (Wildman–Crippen LogP) is 1.89. The number of para-hydroxylation sites is 1. The molecule has 1 amide bonds. The zero-order chi connectivity index (χ0) is 13.1. The molecule has 0 fully saturated rings. The van der Waals surface area contributed by atoms with Crippen LogP contribution in [0.1, 0.15) is 16.1 Å². The van der Waals surface area contributed by atoms with Crippen LogP contribution >= 0.6 is 0 Å². The van der Waals surface area contributed by atoms with E-state index in [9.17, 15) is 4.79 Å². The van der Waals surface area contributed by atoms with Crippen molar-refractivity contribution in [2.45, 2.75) is 6.54 Å².